The summed E-state index contributed by atoms with van der Waals surface area (Å²) in [5.74, 6) is -1.05. The maximum absolute atomic E-state index is 13.7. The van der Waals surface area contributed by atoms with E-state index in [-0.39, 0.29) is 18.0 Å². The molecular weight excluding hydrogens is 323 g/mol. The Morgan fingerprint density at radius 2 is 1.95 bits per heavy atom. The fraction of sp³-hybridized carbons (Fsp3) is 0.455. The van der Waals surface area contributed by atoms with Gasteiger partial charge in [0, 0.05) is 19.9 Å². The third-order valence-electron chi connectivity index (χ3n) is 2.59. The second-order valence-corrected chi connectivity index (χ2v) is 8.07. The van der Waals surface area contributed by atoms with E-state index in [2.05, 4.69) is 4.72 Å². The number of hydrogen-bond acceptors (Lipinski definition) is 6. The van der Waals surface area contributed by atoms with E-state index >= 15 is 0 Å². The molecular formula is C11H17FN2O5S2. The van der Waals surface area contributed by atoms with E-state index in [0.29, 0.717) is 0 Å². The van der Waals surface area contributed by atoms with Crippen molar-refractivity contribution in [2.45, 2.75) is 15.8 Å². The van der Waals surface area contributed by atoms with Crippen molar-refractivity contribution in [3.05, 3.63) is 24.0 Å². The van der Waals surface area contributed by atoms with Crippen LogP contribution < -0.4 is 10.5 Å². The first-order chi connectivity index (χ1) is 9.61. The Morgan fingerprint density at radius 3 is 2.43 bits per heavy atom. The molecule has 0 radical (unpaired) electrons. The molecule has 21 heavy (non-hydrogen) atoms. The lowest BCUT2D eigenvalue weighted by Crippen LogP contribution is -2.43. The van der Waals surface area contributed by atoms with Gasteiger partial charge in [0.2, 0.25) is 10.0 Å². The van der Waals surface area contributed by atoms with Crippen LogP contribution in [0.15, 0.2) is 28.0 Å². The van der Waals surface area contributed by atoms with Crippen molar-refractivity contribution in [1.82, 2.24) is 4.72 Å². The van der Waals surface area contributed by atoms with Gasteiger partial charge in [-0.1, -0.05) is 0 Å². The number of rotatable bonds is 7. The summed E-state index contributed by atoms with van der Waals surface area (Å²) in [6.07, 6.45) is 0.900. The molecule has 0 aromatic heterocycles. The zero-order valence-corrected chi connectivity index (χ0v) is 13.2. The Bertz CT molecular complexity index is 703. The number of halogens is 1. The highest BCUT2D eigenvalue weighted by atomic mass is 32.2. The van der Waals surface area contributed by atoms with E-state index in [1.165, 1.54) is 7.11 Å². The normalized spacial score (nSPS) is 14.1. The second kappa shape index (κ2) is 6.79. The van der Waals surface area contributed by atoms with Crippen LogP contribution in [0.25, 0.3) is 0 Å². The second-order valence-electron chi connectivity index (χ2n) is 4.37. The first kappa shape index (κ1) is 18.0. The summed E-state index contributed by atoms with van der Waals surface area (Å²) in [7, 11) is -6.55. The third-order valence-corrected chi connectivity index (χ3v) is 5.24. The van der Waals surface area contributed by atoms with Gasteiger partial charge in [-0.15, -0.1) is 0 Å². The molecule has 7 nitrogen and oxygen atoms in total. The average molecular weight is 340 g/mol. The van der Waals surface area contributed by atoms with Crippen LogP contribution in [0.5, 0.6) is 0 Å². The lowest BCUT2D eigenvalue weighted by atomic mass is 10.3. The Hall–Kier alpha value is -1.07. The maximum Gasteiger partial charge on any atom is 0.243 e. The molecule has 1 aromatic rings. The zero-order chi connectivity index (χ0) is 16.3. The average Bonchev–Trinajstić information content (AvgIpc) is 2.36. The monoisotopic (exact) mass is 340 g/mol. The summed E-state index contributed by atoms with van der Waals surface area (Å²) < 4.78 is 67.8. The molecule has 3 N–H and O–H groups in total. The highest BCUT2D eigenvalue weighted by molar-refractivity contribution is 7.91. The molecule has 10 heteroatoms. The van der Waals surface area contributed by atoms with Gasteiger partial charge in [-0.05, 0) is 18.2 Å². The fourth-order valence-electron chi connectivity index (χ4n) is 1.55. The third kappa shape index (κ3) is 4.71. The first-order valence-corrected chi connectivity index (χ1v) is 9.20. The van der Waals surface area contributed by atoms with E-state index in [4.69, 9.17) is 10.5 Å². The van der Waals surface area contributed by atoms with Gasteiger partial charge < -0.3 is 10.5 Å². The SMILES string of the molecule is COCC(CN)NS(=O)(=O)c1cc(S(C)(=O)=O)ccc1F. The summed E-state index contributed by atoms with van der Waals surface area (Å²) in [5, 5.41) is 0. The molecule has 1 rings (SSSR count). The number of methoxy groups -OCH3 is 1. The van der Waals surface area contributed by atoms with Crippen LogP contribution in [0.4, 0.5) is 4.39 Å². The van der Waals surface area contributed by atoms with Gasteiger partial charge in [-0.25, -0.2) is 25.9 Å². The van der Waals surface area contributed by atoms with Crippen molar-refractivity contribution < 1.29 is 26.0 Å². The number of benzene rings is 1. The van der Waals surface area contributed by atoms with E-state index in [1.54, 1.807) is 0 Å². The molecule has 0 fully saturated rings. The summed E-state index contributed by atoms with van der Waals surface area (Å²) in [5.41, 5.74) is 5.38. The molecule has 0 amide bonds. The Morgan fingerprint density at radius 1 is 1.33 bits per heavy atom. The minimum absolute atomic E-state index is 0.00309. The summed E-state index contributed by atoms with van der Waals surface area (Å²) in [6, 6.07) is 1.81. The summed E-state index contributed by atoms with van der Waals surface area (Å²) in [6.45, 7) is -0.0520. The highest BCUT2D eigenvalue weighted by Gasteiger charge is 2.24. The van der Waals surface area contributed by atoms with Crippen LogP contribution in [-0.4, -0.2) is 49.4 Å². The predicted molar refractivity (Wildman–Crippen MR) is 74.5 cm³/mol. The van der Waals surface area contributed by atoms with Crippen molar-refractivity contribution in [3.8, 4) is 0 Å². The minimum atomic E-state index is -4.26. The van der Waals surface area contributed by atoms with E-state index < -0.39 is 36.6 Å². The molecule has 1 aromatic carbocycles. The Labute approximate surface area is 123 Å². The van der Waals surface area contributed by atoms with E-state index in [0.717, 1.165) is 24.5 Å². The molecule has 0 aliphatic heterocycles. The zero-order valence-electron chi connectivity index (χ0n) is 11.5. The van der Waals surface area contributed by atoms with Gasteiger partial charge in [-0.3, -0.25) is 0 Å². The van der Waals surface area contributed by atoms with Gasteiger partial charge in [-0.2, -0.15) is 0 Å². The standard InChI is InChI=1S/C11H17FN2O5S2/c1-19-7-8(6-13)14-21(17,18)11-5-9(20(2,15)16)3-4-10(11)12/h3-5,8,14H,6-7,13H2,1-2H3. The number of hydrogen-bond donors (Lipinski definition) is 2. The number of nitrogens with two attached hydrogens (primary N) is 1. The largest absolute Gasteiger partial charge is 0.383 e. The molecule has 1 unspecified atom stereocenters. The van der Waals surface area contributed by atoms with Crippen molar-refractivity contribution in [2.24, 2.45) is 5.73 Å². The van der Waals surface area contributed by atoms with Crippen LogP contribution in [0.2, 0.25) is 0 Å². The van der Waals surface area contributed by atoms with Crippen LogP contribution in [0, 0.1) is 5.82 Å². The number of ether oxygens (including phenoxy) is 1. The highest BCUT2D eigenvalue weighted by Crippen LogP contribution is 2.19. The molecule has 0 saturated carbocycles. The summed E-state index contributed by atoms with van der Waals surface area (Å²) in [4.78, 5) is -1.04. The molecule has 0 spiro atoms. The summed E-state index contributed by atoms with van der Waals surface area (Å²) >= 11 is 0. The van der Waals surface area contributed by atoms with Crippen LogP contribution in [0.1, 0.15) is 0 Å². The van der Waals surface area contributed by atoms with Crippen molar-refractivity contribution in [2.75, 3.05) is 26.5 Å². The van der Waals surface area contributed by atoms with Crippen molar-refractivity contribution >= 4 is 19.9 Å². The van der Waals surface area contributed by atoms with Gasteiger partial charge >= 0.3 is 0 Å². The molecule has 120 valence electrons. The molecule has 0 saturated heterocycles. The Balaban J connectivity index is 3.25. The molecule has 0 bridgehead atoms. The molecule has 1 atom stereocenters. The molecule has 0 heterocycles. The van der Waals surface area contributed by atoms with E-state index in [9.17, 15) is 21.2 Å². The fourth-order valence-corrected chi connectivity index (χ4v) is 3.61. The van der Waals surface area contributed by atoms with Gasteiger partial charge in [0.05, 0.1) is 17.5 Å². The minimum Gasteiger partial charge on any atom is -0.383 e. The predicted octanol–water partition coefficient (Wildman–Crippen LogP) is -0.519. The maximum atomic E-state index is 13.7. The quantitative estimate of drug-likeness (QED) is 0.646. The molecule has 0 aliphatic carbocycles. The van der Waals surface area contributed by atoms with Crippen molar-refractivity contribution in [1.29, 1.82) is 0 Å². The molecule has 0 aliphatic rings. The topological polar surface area (TPSA) is 116 Å². The smallest absolute Gasteiger partial charge is 0.243 e. The lowest BCUT2D eigenvalue weighted by Gasteiger charge is -2.16. The van der Waals surface area contributed by atoms with Crippen LogP contribution in [-0.2, 0) is 24.6 Å². The lowest BCUT2D eigenvalue weighted by molar-refractivity contribution is 0.177. The number of sulfonamides is 1. The van der Waals surface area contributed by atoms with Gasteiger partial charge in [0.15, 0.2) is 9.84 Å². The van der Waals surface area contributed by atoms with Crippen molar-refractivity contribution in [3.63, 3.8) is 0 Å². The van der Waals surface area contributed by atoms with Gasteiger partial charge in [0.25, 0.3) is 0 Å². The Kier molecular flexibility index (Phi) is 5.82. The van der Waals surface area contributed by atoms with E-state index in [1.807, 2.05) is 0 Å². The van der Waals surface area contributed by atoms with Crippen LogP contribution in [0.3, 0.4) is 0 Å². The number of nitrogens with one attached hydrogen (secondary N) is 1. The first-order valence-electron chi connectivity index (χ1n) is 5.82. The van der Waals surface area contributed by atoms with Gasteiger partial charge in [0.1, 0.15) is 10.7 Å². The number of sulfone groups is 1. The van der Waals surface area contributed by atoms with Crippen LogP contribution >= 0.6 is 0 Å².